The van der Waals surface area contributed by atoms with Crippen LogP contribution in [0.5, 0.6) is 0 Å². The molecule has 0 aliphatic carbocycles. The van der Waals surface area contributed by atoms with Gasteiger partial charge in [-0.05, 0) is 42.3 Å². The van der Waals surface area contributed by atoms with Gasteiger partial charge >= 0.3 is 0 Å². The number of pyridine rings is 1. The molecule has 11 heteroatoms. The molecule has 3 unspecified atom stereocenters. The smallest absolute Gasteiger partial charge is 0.236 e. The molecule has 5 aliphatic rings. The third kappa shape index (κ3) is 7.79. The summed E-state index contributed by atoms with van der Waals surface area (Å²) in [6.07, 6.45) is 4.80. The van der Waals surface area contributed by atoms with E-state index < -0.39 is 0 Å². The number of anilines is 3. The lowest BCUT2D eigenvalue weighted by Crippen LogP contribution is -2.56. The lowest BCUT2D eigenvalue weighted by molar-refractivity contribution is -0.132. The predicted octanol–water partition coefficient (Wildman–Crippen LogP) is 3.00. The van der Waals surface area contributed by atoms with Gasteiger partial charge in [0.1, 0.15) is 5.82 Å². The van der Waals surface area contributed by atoms with Crippen molar-refractivity contribution in [3.05, 3.63) is 60.4 Å². The van der Waals surface area contributed by atoms with Crippen molar-refractivity contribution >= 4 is 23.4 Å². The van der Waals surface area contributed by atoms with Crippen molar-refractivity contribution in [1.29, 1.82) is 5.26 Å². The number of benzene rings is 1. The SMILES string of the molecule is CN1CCCN(C)c2ccc(cn2)-c2ccnc(n2)Nc2cccc(c2)CN2CCN(CC1=O)CC2COCCC#N. The minimum Gasteiger partial charge on any atom is -0.379 e. The molecule has 1 saturated heterocycles. The molecule has 11 nitrogen and oxygen atoms in total. The highest BCUT2D eigenvalue weighted by Crippen LogP contribution is 2.23. The lowest BCUT2D eigenvalue weighted by atomic mass is 10.1. The monoisotopic (exact) mass is 569 g/mol. The number of rotatable bonds is 4. The van der Waals surface area contributed by atoms with Gasteiger partial charge in [0.05, 0.1) is 37.9 Å². The standard InChI is InChI=1S/C31H39N9O2/c1-37-13-5-14-38(2)30(41)22-39-15-16-40(27(21-39)23-42-17-4-11-32)20-24-6-3-7-26(18-24)35-31-33-12-10-28(36-31)25-8-9-29(37)34-19-25/h3,6-10,12,18-19,27H,4-5,13-17,20-23H2,1-2H3,(H,33,35,36). The number of likely N-dealkylation sites (N-methyl/N-ethyl adjacent to an activating group) is 1. The van der Waals surface area contributed by atoms with E-state index in [4.69, 9.17) is 15.0 Å². The highest BCUT2D eigenvalue weighted by molar-refractivity contribution is 5.78. The summed E-state index contributed by atoms with van der Waals surface area (Å²) in [6.45, 7) is 5.87. The van der Waals surface area contributed by atoms with Crippen LogP contribution in [-0.4, -0.2) is 108 Å². The highest BCUT2D eigenvalue weighted by Gasteiger charge is 2.29. The molecule has 42 heavy (non-hydrogen) atoms. The summed E-state index contributed by atoms with van der Waals surface area (Å²) in [5.41, 5.74) is 3.77. The Morgan fingerprint density at radius 3 is 2.76 bits per heavy atom. The van der Waals surface area contributed by atoms with Crippen molar-refractivity contribution < 1.29 is 9.53 Å². The molecule has 1 N–H and O–H groups in total. The fraction of sp³-hybridized carbons (Fsp3) is 0.452. The number of hydrogen-bond acceptors (Lipinski definition) is 10. The molecule has 5 aliphatic heterocycles. The Morgan fingerprint density at radius 2 is 1.93 bits per heavy atom. The van der Waals surface area contributed by atoms with Crippen LogP contribution in [0.25, 0.3) is 11.3 Å². The first-order valence-electron chi connectivity index (χ1n) is 14.5. The third-order valence-electron chi connectivity index (χ3n) is 7.79. The van der Waals surface area contributed by atoms with Crippen LogP contribution in [0.4, 0.5) is 17.5 Å². The van der Waals surface area contributed by atoms with Gasteiger partial charge in [-0.25, -0.2) is 15.0 Å². The van der Waals surface area contributed by atoms with Crippen molar-refractivity contribution in [2.75, 3.05) is 76.8 Å². The van der Waals surface area contributed by atoms with Crippen LogP contribution in [0.3, 0.4) is 0 Å². The van der Waals surface area contributed by atoms with Crippen LogP contribution in [0.2, 0.25) is 0 Å². The van der Waals surface area contributed by atoms with Crippen molar-refractivity contribution in [2.45, 2.75) is 25.4 Å². The molecule has 0 radical (unpaired) electrons. The maximum absolute atomic E-state index is 13.1. The van der Waals surface area contributed by atoms with Crippen molar-refractivity contribution in [3.63, 3.8) is 0 Å². The van der Waals surface area contributed by atoms with E-state index in [2.05, 4.69) is 48.2 Å². The molecule has 220 valence electrons. The van der Waals surface area contributed by atoms with Crippen LogP contribution < -0.4 is 10.2 Å². The number of aromatic nitrogens is 3. The summed E-state index contributed by atoms with van der Waals surface area (Å²) in [5.74, 6) is 1.52. The largest absolute Gasteiger partial charge is 0.379 e. The van der Waals surface area contributed by atoms with Gasteiger partial charge in [0.25, 0.3) is 0 Å². The molecule has 2 aromatic heterocycles. The number of nitrogens with one attached hydrogen (secondary N) is 1. The first-order chi connectivity index (χ1) is 20.5. The fourth-order valence-corrected chi connectivity index (χ4v) is 5.35. The van der Waals surface area contributed by atoms with Crippen LogP contribution in [-0.2, 0) is 16.1 Å². The van der Waals surface area contributed by atoms with Crippen molar-refractivity contribution in [3.8, 4) is 17.3 Å². The molecule has 8 rings (SSSR count). The first-order valence-corrected chi connectivity index (χ1v) is 14.5. The maximum Gasteiger partial charge on any atom is 0.236 e. The lowest BCUT2D eigenvalue weighted by Gasteiger charge is -2.41. The highest BCUT2D eigenvalue weighted by atomic mass is 16.5. The number of nitriles is 1. The zero-order chi connectivity index (χ0) is 29.3. The van der Waals surface area contributed by atoms with Crippen molar-refractivity contribution in [1.82, 2.24) is 29.7 Å². The normalized spacial score (nSPS) is 21.5. The Hall–Kier alpha value is -4.11. The predicted molar refractivity (Wildman–Crippen MR) is 162 cm³/mol. The Balaban J connectivity index is 1.39. The summed E-state index contributed by atoms with van der Waals surface area (Å²) >= 11 is 0. The van der Waals surface area contributed by atoms with Gasteiger partial charge < -0.3 is 19.9 Å². The molecular weight excluding hydrogens is 530 g/mol. The first kappa shape index (κ1) is 29.4. The number of ether oxygens (including phenoxy) is 1. The number of carbonyl (C=O) groups is 1. The van der Waals surface area contributed by atoms with Gasteiger partial charge in [-0.3, -0.25) is 14.6 Å². The van der Waals surface area contributed by atoms with E-state index in [9.17, 15) is 4.79 Å². The molecule has 3 aromatic rings. The second-order valence-electron chi connectivity index (χ2n) is 10.9. The van der Waals surface area contributed by atoms with Crippen LogP contribution in [0.1, 0.15) is 18.4 Å². The molecule has 3 atom stereocenters. The van der Waals surface area contributed by atoms with E-state index in [1.807, 2.05) is 55.5 Å². The van der Waals surface area contributed by atoms with Crippen LogP contribution in [0.15, 0.2) is 54.9 Å². The van der Waals surface area contributed by atoms with Gasteiger partial charge in [0.2, 0.25) is 11.9 Å². The van der Waals surface area contributed by atoms with Gasteiger partial charge in [0.15, 0.2) is 0 Å². The van der Waals surface area contributed by atoms with Gasteiger partial charge in [-0.1, -0.05) is 12.1 Å². The maximum atomic E-state index is 13.1. The number of carbonyl (C=O) groups excluding carboxylic acids is 1. The molecule has 8 bridgehead atoms. The fourth-order valence-electron chi connectivity index (χ4n) is 5.35. The second kappa shape index (κ2) is 14.2. The van der Waals surface area contributed by atoms with E-state index in [1.165, 1.54) is 0 Å². The number of nitrogens with zero attached hydrogens (tertiary/aromatic N) is 8. The number of hydrogen-bond donors (Lipinski definition) is 1. The molecule has 0 spiro atoms. The average Bonchev–Trinajstić information content (AvgIpc) is 3.00. The zero-order valence-corrected chi connectivity index (χ0v) is 24.4. The third-order valence-corrected chi connectivity index (χ3v) is 7.79. The number of amides is 1. The molecular formula is C31H39N9O2. The molecule has 7 heterocycles. The van der Waals surface area contributed by atoms with E-state index in [1.54, 1.807) is 6.20 Å². The van der Waals surface area contributed by atoms with Gasteiger partial charge in [-0.15, -0.1) is 0 Å². The van der Waals surface area contributed by atoms with Gasteiger partial charge in [-0.2, -0.15) is 5.26 Å². The summed E-state index contributed by atoms with van der Waals surface area (Å²) in [7, 11) is 3.90. The van der Waals surface area contributed by atoms with E-state index in [0.29, 0.717) is 38.7 Å². The minimum atomic E-state index is 0.111. The van der Waals surface area contributed by atoms with Crippen LogP contribution >= 0.6 is 0 Å². The number of piperazine rings is 1. The van der Waals surface area contributed by atoms with E-state index in [0.717, 1.165) is 67.5 Å². The summed E-state index contributed by atoms with van der Waals surface area (Å²) in [5, 5.41) is 12.3. The zero-order valence-electron chi connectivity index (χ0n) is 24.4. The van der Waals surface area contributed by atoms with E-state index >= 15 is 0 Å². The average molecular weight is 570 g/mol. The summed E-state index contributed by atoms with van der Waals surface area (Å²) in [6, 6.07) is 16.4. The Labute approximate surface area is 247 Å². The molecule has 1 amide bonds. The Kier molecular flexibility index (Phi) is 9.92. The summed E-state index contributed by atoms with van der Waals surface area (Å²) in [4.78, 5) is 35.5. The Morgan fingerprint density at radius 1 is 1.05 bits per heavy atom. The van der Waals surface area contributed by atoms with Gasteiger partial charge in [0, 0.05) is 83.1 Å². The topological polar surface area (TPSA) is 114 Å². The summed E-state index contributed by atoms with van der Waals surface area (Å²) < 4.78 is 5.88. The minimum absolute atomic E-state index is 0.111. The Bertz CT molecular complexity index is 1380. The van der Waals surface area contributed by atoms with Crippen molar-refractivity contribution in [2.24, 2.45) is 0 Å². The molecule has 0 saturated carbocycles. The quantitative estimate of drug-likeness (QED) is 0.471. The second-order valence-corrected chi connectivity index (χ2v) is 10.9. The van der Waals surface area contributed by atoms with E-state index in [-0.39, 0.29) is 11.9 Å². The van der Waals surface area contributed by atoms with Crippen LogP contribution in [0, 0.1) is 11.3 Å². The molecule has 1 fully saturated rings. The molecule has 1 aromatic carbocycles.